The van der Waals surface area contributed by atoms with Crippen LogP contribution < -0.4 is 0 Å². The number of rotatable bonds is 0. The minimum atomic E-state index is 0.328. The van der Waals surface area contributed by atoms with Crippen LogP contribution in [0.1, 0.15) is 13.3 Å². The van der Waals surface area contributed by atoms with E-state index in [0.717, 1.165) is 19.1 Å². The molecule has 2 rings (SSSR count). The third kappa shape index (κ3) is 0.601. The first-order valence-electron chi connectivity index (χ1n) is 3.39. The Morgan fingerprint density at radius 3 is 3.00 bits per heavy atom. The quantitative estimate of drug-likeness (QED) is 0.436. The van der Waals surface area contributed by atoms with Gasteiger partial charge in [0.2, 0.25) is 0 Å². The molecule has 1 saturated carbocycles. The van der Waals surface area contributed by atoms with Crippen LogP contribution in [-0.2, 0) is 4.74 Å². The van der Waals surface area contributed by atoms with Gasteiger partial charge in [0.05, 0.1) is 18.6 Å². The minimum Gasteiger partial charge on any atom is -0.380 e. The molecule has 0 amide bonds. The summed E-state index contributed by atoms with van der Waals surface area (Å²) < 4.78 is 5.26. The molecule has 1 nitrogen and oxygen atoms in total. The van der Waals surface area contributed by atoms with E-state index < -0.39 is 0 Å². The third-order valence-corrected chi connectivity index (χ3v) is 2.28. The summed E-state index contributed by atoms with van der Waals surface area (Å²) in [5.41, 5.74) is 0.328. The van der Waals surface area contributed by atoms with Crippen molar-refractivity contribution in [2.45, 2.75) is 13.3 Å². The van der Waals surface area contributed by atoms with Crippen LogP contribution in [0.25, 0.3) is 0 Å². The Balaban J connectivity index is 2.16. The second kappa shape index (κ2) is 1.52. The van der Waals surface area contributed by atoms with Gasteiger partial charge in [-0.25, -0.2) is 0 Å². The minimum absolute atomic E-state index is 0.328. The SMILES string of the molecule is CC#CC12COCC1C2. The summed E-state index contributed by atoms with van der Waals surface area (Å²) in [6.07, 6.45) is 1.29. The predicted molar refractivity (Wildman–Crippen MR) is 34.8 cm³/mol. The molecule has 0 aromatic rings. The van der Waals surface area contributed by atoms with Crippen molar-refractivity contribution in [1.29, 1.82) is 0 Å². The molecular formula is C8H10O. The number of hydrogen-bond donors (Lipinski definition) is 0. The molecular weight excluding hydrogens is 112 g/mol. The van der Waals surface area contributed by atoms with Crippen molar-refractivity contribution in [2.24, 2.45) is 11.3 Å². The highest BCUT2D eigenvalue weighted by Crippen LogP contribution is 2.56. The number of hydrogen-bond acceptors (Lipinski definition) is 1. The molecule has 2 atom stereocenters. The maximum absolute atomic E-state index is 5.26. The summed E-state index contributed by atoms with van der Waals surface area (Å²) in [6.45, 7) is 3.75. The van der Waals surface area contributed by atoms with Crippen LogP contribution >= 0.6 is 0 Å². The van der Waals surface area contributed by atoms with Crippen LogP contribution in [0, 0.1) is 23.2 Å². The molecule has 1 aliphatic carbocycles. The monoisotopic (exact) mass is 122 g/mol. The van der Waals surface area contributed by atoms with Gasteiger partial charge < -0.3 is 4.74 Å². The third-order valence-electron chi connectivity index (χ3n) is 2.28. The Morgan fingerprint density at radius 1 is 1.67 bits per heavy atom. The molecule has 0 bridgehead atoms. The van der Waals surface area contributed by atoms with Crippen molar-refractivity contribution in [3.63, 3.8) is 0 Å². The fourth-order valence-electron chi connectivity index (χ4n) is 1.60. The zero-order valence-corrected chi connectivity index (χ0v) is 5.61. The van der Waals surface area contributed by atoms with Crippen LogP contribution in [0.4, 0.5) is 0 Å². The fraction of sp³-hybridized carbons (Fsp3) is 0.750. The van der Waals surface area contributed by atoms with E-state index in [1.807, 2.05) is 6.92 Å². The van der Waals surface area contributed by atoms with Gasteiger partial charge in [-0.3, -0.25) is 0 Å². The van der Waals surface area contributed by atoms with Gasteiger partial charge in [-0.15, -0.1) is 5.92 Å². The van der Waals surface area contributed by atoms with Crippen molar-refractivity contribution >= 4 is 0 Å². The summed E-state index contributed by atoms with van der Waals surface area (Å²) in [5, 5.41) is 0. The first-order chi connectivity index (χ1) is 4.37. The summed E-state index contributed by atoms with van der Waals surface area (Å²) in [5.74, 6) is 6.96. The van der Waals surface area contributed by atoms with E-state index in [2.05, 4.69) is 11.8 Å². The largest absolute Gasteiger partial charge is 0.380 e. The van der Waals surface area contributed by atoms with E-state index in [4.69, 9.17) is 4.74 Å². The zero-order valence-electron chi connectivity index (χ0n) is 5.61. The summed E-state index contributed by atoms with van der Waals surface area (Å²) in [6, 6.07) is 0. The molecule has 1 saturated heterocycles. The van der Waals surface area contributed by atoms with Crippen molar-refractivity contribution in [3.8, 4) is 11.8 Å². The van der Waals surface area contributed by atoms with Crippen LogP contribution in [0.3, 0.4) is 0 Å². The lowest BCUT2D eigenvalue weighted by atomic mass is 10.1. The Kier molecular flexibility index (Phi) is 0.896. The molecule has 0 N–H and O–H groups in total. The molecule has 0 aromatic carbocycles. The van der Waals surface area contributed by atoms with E-state index >= 15 is 0 Å². The first kappa shape index (κ1) is 5.32. The predicted octanol–water partition coefficient (Wildman–Crippen LogP) is 1.05. The van der Waals surface area contributed by atoms with Gasteiger partial charge in [0.15, 0.2) is 0 Å². The molecule has 2 fully saturated rings. The highest BCUT2D eigenvalue weighted by Gasteiger charge is 2.57. The molecule has 2 unspecified atom stereocenters. The van der Waals surface area contributed by atoms with E-state index in [0.29, 0.717) is 5.41 Å². The lowest BCUT2D eigenvalue weighted by Gasteiger charge is -1.97. The maximum Gasteiger partial charge on any atom is 0.0635 e. The topological polar surface area (TPSA) is 9.23 Å². The van der Waals surface area contributed by atoms with Crippen molar-refractivity contribution in [1.82, 2.24) is 0 Å². The van der Waals surface area contributed by atoms with Gasteiger partial charge in [0.25, 0.3) is 0 Å². The van der Waals surface area contributed by atoms with Crippen LogP contribution in [0.5, 0.6) is 0 Å². The fourth-order valence-corrected chi connectivity index (χ4v) is 1.60. The number of fused-ring (bicyclic) bond motifs is 1. The molecule has 0 aromatic heterocycles. The Hall–Kier alpha value is -0.480. The van der Waals surface area contributed by atoms with Gasteiger partial charge >= 0.3 is 0 Å². The molecule has 1 heteroatoms. The van der Waals surface area contributed by atoms with Gasteiger partial charge in [0, 0.05) is 5.92 Å². The van der Waals surface area contributed by atoms with Crippen LogP contribution in [0.2, 0.25) is 0 Å². The van der Waals surface area contributed by atoms with Crippen LogP contribution in [-0.4, -0.2) is 13.2 Å². The van der Waals surface area contributed by atoms with E-state index in [-0.39, 0.29) is 0 Å². The highest BCUT2D eigenvalue weighted by molar-refractivity contribution is 5.24. The van der Waals surface area contributed by atoms with Crippen molar-refractivity contribution in [2.75, 3.05) is 13.2 Å². The highest BCUT2D eigenvalue weighted by atomic mass is 16.5. The Bertz CT molecular complexity index is 186. The number of ether oxygens (including phenoxy) is 1. The lowest BCUT2D eigenvalue weighted by molar-refractivity contribution is 0.157. The van der Waals surface area contributed by atoms with E-state index in [9.17, 15) is 0 Å². The van der Waals surface area contributed by atoms with Gasteiger partial charge in [-0.05, 0) is 13.3 Å². The first-order valence-corrected chi connectivity index (χ1v) is 3.39. The summed E-state index contributed by atoms with van der Waals surface area (Å²) in [7, 11) is 0. The molecule has 2 aliphatic rings. The summed E-state index contributed by atoms with van der Waals surface area (Å²) in [4.78, 5) is 0. The molecule has 0 radical (unpaired) electrons. The maximum atomic E-state index is 5.26. The van der Waals surface area contributed by atoms with E-state index in [1.54, 1.807) is 0 Å². The molecule has 0 spiro atoms. The normalized spacial score (nSPS) is 45.2. The standard InChI is InChI=1S/C8H10O/c1-2-3-8-4-7(8)5-9-6-8/h7H,4-6H2,1H3. The van der Waals surface area contributed by atoms with Gasteiger partial charge in [0.1, 0.15) is 0 Å². The lowest BCUT2D eigenvalue weighted by Crippen LogP contribution is -2.00. The molecule has 1 aliphatic heterocycles. The summed E-state index contributed by atoms with van der Waals surface area (Å²) >= 11 is 0. The average molecular weight is 122 g/mol. The smallest absolute Gasteiger partial charge is 0.0635 e. The van der Waals surface area contributed by atoms with Crippen LogP contribution in [0.15, 0.2) is 0 Å². The van der Waals surface area contributed by atoms with Crippen molar-refractivity contribution in [3.05, 3.63) is 0 Å². The van der Waals surface area contributed by atoms with Gasteiger partial charge in [-0.1, -0.05) is 5.92 Å². The molecule has 48 valence electrons. The van der Waals surface area contributed by atoms with Crippen molar-refractivity contribution < 1.29 is 4.74 Å². The average Bonchev–Trinajstić information content (AvgIpc) is 2.37. The van der Waals surface area contributed by atoms with Gasteiger partial charge in [-0.2, -0.15) is 0 Å². The Labute approximate surface area is 55.4 Å². The zero-order chi connectivity index (χ0) is 6.32. The second-order valence-electron chi connectivity index (χ2n) is 2.95. The Morgan fingerprint density at radius 2 is 2.56 bits per heavy atom. The molecule has 1 heterocycles. The second-order valence-corrected chi connectivity index (χ2v) is 2.95. The van der Waals surface area contributed by atoms with E-state index in [1.165, 1.54) is 6.42 Å². The molecule has 9 heavy (non-hydrogen) atoms.